The molecule has 2 unspecified atom stereocenters. The van der Waals surface area contributed by atoms with E-state index in [1.54, 1.807) is 0 Å². The van der Waals surface area contributed by atoms with E-state index in [0.29, 0.717) is 25.7 Å². The van der Waals surface area contributed by atoms with E-state index in [1.807, 2.05) is 13.8 Å². The number of carbonyl (C=O) groups is 3. The van der Waals surface area contributed by atoms with E-state index < -0.39 is 24.3 Å². The van der Waals surface area contributed by atoms with Gasteiger partial charge in [-0.3, -0.25) is 14.4 Å². The highest BCUT2D eigenvalue weighted by Gasteiger charge is 2.35. The van der Waals surface area contributed by atoms with Gasteiger partial charge in [0.15, 0.2) is 0 Å². The van der Waals surface area contributed by atoms with Gasteiger partial charge in [0.1, 0.15) is 6.04 Å². The monoisotopic (exact) mass is 383 g/mol. The molecule has 0 amide bonds. The molecule has 0 bridgehead atoms. The summed E-state index contributed by atoms with van der Waals surface area (Å²) >= 11 is 0. The van der Waals surface area contributed by atoms with Crippen molar-refractivity contribution in [3.05, 3.63) is 0 Å². The second-order valence-corrected chi connectivity index (χ2v) is 8.30. The molecular weight excluding hydrogens is 350 g/mol. The van der Waals surface area contributed by atoms with Crippen molar-refractivity contribution in [3.8, 4) is 0 Å². The summed E-state index contributed by atoms with van der Waals surface area (Å²) in [6, 6.07) is -0.825. The van der Waals surface area contributed by atoms with Crippen molar-refractivity contribution in [1.29, 1.82) is 0 Å². The van der Waals surface area contributed by atoms with Crippen molar-refractivity contribution in [2.45, 2.75) is 84.0 Å². The number of ether oxygens (including phenoxy) is 2. The Morgan fingerprint density at radius 2 is 1.48 bits per heavy atom. The Balaban J connectivity index is 1.86. The lowest BCUT2D eigenvalue weighted by molar-refractivity contribution is -0.201. The maximum atomic E-state index is 12.5. The molecule has 0 heterocycles. The van der Waals surface area contributed by atoms with Crippen LogP contribution in [0, 0.1) is 23.7 Å². The fourth-order valence-corrected chi connectivity index (χ4v) is 3.96. The van der Waals surface area contributed by atoms with Gasteiger partial charge < -0.3 is 20.3 Å². The Bertz CT molecular complexity index is 521. The maximum absolute atomic E-state index is 12.5. The van der Waals surface area contributed by atoms with Crippen LogP contribution in [0.1, 0.15) is 71.6 Å². The van der Waals surface area contributed by atoms with E-state index in [2.05, 4.69) is 0 Å². The van der Waals surface area contributed by atoms with Crippen molar-refractivity contribution in [1.82, 2.24) is 0 Å². The summed E-state index contributed by atoms with van der Waals surface area (Å²) < 4.78 is 10.9. The van der Waals surface area contributed by atoms with E-state index in [0.717, 1.165) is 32.1 Å². The molecule has 0 spiro atoms. The van der Waals surface area contributed by atoms with Crippen LogP contribution in [0.2, 0.25) is 0 Å². The molecule has 2 aliphatic rings. The molecule has 0 saturated heterocycles. The van der Waals surface area contributed by atoms with E-state index in [1.165, 1.54) is 0 Å². The number of esters is 2. The van der Waals surface area contributed by atoms with Gasteiger partial charge in [0.05, 0.1) is 11.8 Å². The van der Waals surface area contributed by atoms with Crippen LogP contribution in [-0.4, -0.2) is 35.3 Å². The van der Waals surface area contributed by atoms with Gasteiger partial charge in [-0.05, 0) is 44.4 Å². The molecule has 3 N–H and O–H groups in total. The number of carbonyl (C=O) groups excluding carboxylic acids is 2. The summed E-state index contributed by atoms with van der Waals surface area (Å²) in [5, 5.41) is 9.07. The summed E-state index contributed by atoms with van der Waals surface area (Å²) in [4.78, 5) is 35.9. The van der Waals surface area contributed by atoms with Crippen molar-refractivity contribution in [2.75, 3.05) is 0 Å². The molecule has 7 heteroatoms. The zero-order valence-corrected chi connectivity index (χ0v) is 16.4. The van der Waals surface area contributed by atoms with Gasteiger partial charge in [0, 0.05) is 5.92 Å². The summed E-state index contributed by atoms with van der Waals surface area (Å²) in [5.41, 5.74) is 6.07. The summed E-state index contributed by atoms with van der Waals surface area (Å²) in [5.74, 6) is -2.41. The zero-order chi connectivity index (χ0) is 20.0. The molecule has 7 nitrogen and oxygen atoms in total. The number of nitrogens with two attached hydrogens (primary N) is 1. The predicted molar refractivity (Wildman–Crippen MR) is 98.4 cm³/mol. The summed E-state index contributed by atoms with van der Waals surface area (Å²) in [6.07, 6.45) is 6.11. The first kappa shape index (κ1) is 21.7. The molecule has 2 saturated carbocycles. The molecule has 27 heavy (non-hydrogen) atoms. The number of carboxylic acids is 1. The lowest BCUT2D eigenvalue weighted by atomic mass is 9.79. The van der Waals surface area contributed by atoms with E-state index in [-0.39, 0.29) is 29.6 Å². The van der Waals surface area contributed by atoms with Crippen LogP contribution in [0.3, 0.4) is 0 Å². The molecule has 0 aromatic carbocycles. The Morgan fingerprint density at radius 1 is 0.889 bits per heavy atom. The number of aliphatic carboxylic acids is 1. The van der Waals surface area contributed by atoms with Crippen molar-refractivity contribution in [3.63, 3.8) is 0 Å². The highest BCUT2D eigenvalue weighted by atomic mass is 16.7. The van der Waals surface area contributed by atoms with Crippen molar-refractivity contribution < 1.29 is 29.0 Å². The first-order chi connectivity index (χ1) is 12.8. The van der Waals surface area contributed by atoms with Crippen LogP contribution in [0.25, 0.3) is 0 Å². The third-order valence-electron chi connectivity index (χ3n) is 5.85. The summed E-state index contributed by atoms with van der Waals surface area (Å²) in [6.45, 7) is 3.66. The van der Waals surface area contributed by atoms with Crippen molar-refractivity contribution >= 4 is 17.9 Å². The van der Waals surface area contributed by atoms with Gasteiger partial charge >= 0.3 is 17.9 Å². The molecular formula is C20H33NO6. The highest BCUT2D eigenvalue weighted by Crippen LogP contribution is 2.31. The first-order valence-electron chi connectivity index (χ1n) is 10.2. The van der Waals surface area contributed by atoms with Crippen molar-refractivity contribution in [2.24, 2.45) is 29.4 Å². The topological polar surface area (TPSA) is 116 Å². The molecule has 0 aromatic rings. The number of carboxylic acid groups (broad SMARTS) is 1. The standard InChI is InChI=1S/C20H33NO6/c1-12(2)20(26-18(24)15-6-4-3-5-7-15)27-19(25)16(21)13-8-10-14(11-9-13)17(22)23/h12-16,20H,3-11,21H2,1-2H3,(H,22,23). The minimum atomic E-state index is -0.937. The van der Waals surface area contributed by atoms with Gasteiger partial charge in [-0.2, -0.15) is 0 Å². The van der Waals surface area contributed by atoms with Crippen LogP contribution in [0.15, 0.2) is 0 Å². The Kier molecular flexibility index (Phi) is 8.07. The highest BCUT2D eigenvalue weighted by molar-refractivity contribution is 5.77. The smallest absolute Gasteiger partial charge is 0.326 e. The molecule has 2 atom stereocenters. The molecule has 2 rings (SSSR count). The third kappa shape index (κ3) is 6.19. The van der Waals surface area contributed by atoms with Crippen LogP contribution in [0.4, 0.5) is 0 Å². The number of hydrogen-bond donors (Lipinski definition) is 2. The minimum Gasteiger partial charge on any atom is -0.481 e. The minimum absolute atomic E-state index is 0.102. The molecule has 2 aliphatic carbocycles. The lowest BCUT2D eigenvalue weighted by Gasteiger charge is -2.31. The van der Waals surface area contributed by atoms with Crippen LogP contribution < -0.4 is 5.73 Å². The van der Waals surface area contributed by atoms with Crippen LogP contribution in [-0.2, 0) is 23.9 Å². The fraction of sp³-hybridized carbons (Fsp3) is 0.850. The number of rotatable bonds is 7. The average molecular weight is 383 g/mol. The Labute approximate surface area is 161 Å². The average Bonchev–Trinajstić information content (AvgIpc) is 2.67. The van der Waals surface area contributed by atoms with Gasteiger partial charge in [-0.25, -0.2) is 0 Å². The van der Waals surface area contributed by atoms with E-state index in [4.69, 9.17) is 20.3 Å². The quantitative estimate of drug-likeness (QED) is 0.513. The second-order valence-electron chi connectivity index (χ2n) is 8.30. The zero-order valence-electron chi connectivity index (χ0n) is 16.4. The Hall–Kier alpha value is -1.63. The van der Waals surface area contributed by atoms with Gasteiger partial charge in [-0.15, -0.1) is 0 Å². The van der Waals surface area contributed by atoms with Crippen LogP contribution in [0.5, 0.6) is 0 Å². The fourth-order valence-electron chi connectivity index (χ4n) is 3.96. The Morgan fingerprint density at radius 3 is 2.00 bits per heavy atom. The van der Waals surface area contributed by atoms with E-state index in [9.17, 15) is 14.4 Å². The molecule has 0 aromatic heterocycles. The van der Waals surface area contributed by atoms with Gasteiger partial charge in [-0.1, -0.05) is 33.1 Å². The maximum Gasteiger partial charge on any atom is 0.326 e. The molecule has 154 valence electrons. The SMILES string of the molecule is CC(C)C(OC(=O)C1CCCCC1)OC(=O)C(N)C1CCC(C(=O)O)CC1. The van der Waals surface area contributed by atoms with E-state index >= 15 is 0 Å². The number of hydrogen-bond acceptors (Lipinski definition) is 6. The molecule has 2 fully saturated rings. The van der Waals surface area contributed by atoms with Crippen LogP contribution >= 0.6 is 0 Å². The van der Waals surface area contributed by atoms with Gasteiger partial charge in [0.25, 0.3) is 0 Å². The first-order valence-corrected chi connectivity index (χ1v) is 10.2. The van der Waals surface area contributed by atoms with Gasteiger partial charge in [0.2, 0.25) is 6.29 Å². The summed E-state index contributed by atoms with van der Waals surface area (Å²) in [7, 11) is 0. The normalized spacial score (nSPS) is 26.2. The molecule has 0 radical (unpaired) electrons. The third-order valence-corrected chi connectivity index (χ3v) is 5.85. The molecule has 0 aliphatic heterocycles. The predicted octanol–water partition coefficient (Wildman–Crippen LogP) is 2.85. The largest absolute Gasteiger partial charge is 0.481 e. The second kappa shape index (κ2) is 10.1. The lowest BCUT2D eigenvalue weighted by Crippen LogP contribution is -2.44.